The van der Waals surface area contributed by atoms with Gasteiger partial charge in [0.2, 0.25) is 0 Å². The minimum Gasteiger partial charge on any atom is -0.495 e. The molecular formula is C14H16F3NO4S. The van der Waals surface area contributed by atoms with Gasteiger partial charge in [0.25, 0.3) is 9.84 Å². The van der Waals surface area contributed by atoms with Crippen LogP contribution in [0.3, 0.4) is 0 Å². The molecule has 0 saturated carbocycles. The van der Waals surface area contributed by atoms with E-state index in [0.717, 1.165) is 13.2 Å². The lowest BCUT2D eigenvalue weighted by atomic mass is 9.98. The first-order valence-electron chi connectivity index (χ1n) is 6.84. The second kappa shape index (κ2) is 6.03. The second-order valence-electron chi connectivity index (χ2n) is 5.34. The summed E-state index contributed by atoms with van der Waals surface area (Å²) in [6.45, 7) is 1.70. The van der Waals surface area contributed by atoms with Crippen molar-refractivity contribution in [1.29, 1.82) is 0 Å². The Hall–Kier alpha value is -1.77. The van der Waals surface area contributed by atoms with E-state index < -0.39 is 20.2 Å². The molecule has 1 atom stereocenters. The van der Waals surface area contributed by atoms with Crippen molar-refractivity contribution in [3.05, 3.63) is 17.7 Å². The van der Waals surface area contributed by atoms with Crippen LogP contribution >= 0.6 is 0 Å². The molecule has 2 rings (SSSR count). The molecule has 0 spiro atoms. The molecule has 0 aromatic heterocycles. The number of nitrogens with one attached hydrogen (secondary N) is 1. The number of aryl methyl sites for hydroxylation is 1. The predicted molar refractivity (Wildman–Crippen MR) is 77.2 cm³/mol. The van der Waals surface area contributed by atoms with Crippen LogP contribution in [0.15, 0.2) is 17.0 Å². The van der Waals surface area contributed by atoms with Gasteiger partial charge < -0.3 is 10.1 Å². The van der Waals surface area contributed by atoms with E-state index in [1.165, 1.54) is 13.0 Å². The SMILES string of the molecule is COc1cc2c(cc1S(=O)(=O)C(F)(F)F)NCC(C(C)=O)CC2. The van der Waals surface area contributed by atoms with Crippen LogP contribution < -0.4 is 10.1 Å². The number of halogens is 3. The van der Waals surface area contributed by atoms with E-state index in [0.29, 0.717) is 18.4 Å². The highest BCUT2D eigenvalue weighted by atomic mass is 32.2. The van der Waals surface area contributed by atoms with Crippen molar-refractivity contribution >= 4 is 21.3 Å². The maximum absolute atomic E-state index is 12.8. The Morgan fingerprint density at radius 2 is 2.00 bits per heavy atom. The Kier molecular flexibility index (Phi) is 4.61. The number of carbonyl (C=O) groups excluding carboxylic acids is 1. The Labute approximate surface area is 131 Å². The Balaban J connectivity index is 2.52. The number of alkyl halides is 3. The van der Waals surface area contributed by atoms with Gasteiger partial charge in [-0.05, 0) is 37.5 Å². The second-order valence-corrected chi connectivity index (χ2v) is 7.25. The van der Waals surface area contributed by atoms with E-state index in [1.807, 2.05) is 0 Å². The van der Waals surface area contributed by atoms with Gasteiger partial charge >= 0.3 is 5.51 Å². The van der Waals surface area contributed by atoms with Gasteiger partial charge in [0.1, 0.15) is 16.4 Å². The van der Waals surface area contributed by atoms with Crippen LogP contribution in [0.4, 0.5) is 18.9 Å². The number of rotatable bonds is 3. The normalized spacial score (nSPS) is 18.6. The van der Waals surface area contributed by atoms with Gasteiger partial charge in [-0.2, -0.15) is 13.2 Å². The van der Waals surface area contributed by atoms with Crippen LogP contribution in [-0.4, -0.2) is 33.4 Å². The summed E-state index contributed by atoms with van der Waals surface area (Å²) in [5, 5.41) is 2.86. The molecule has 1 aromatic rings. The van der Waals surface area contributed by atoms with E-state index in [1.54, 1.807) is 0 Å². The molecule has 0 amide bonds. The monoisotopic (exact) mass is 351 g/mol. The number of Topliss-reactive ketones (excluding diaryl/α,β-unsaturated/α-hetero) is 1. The number of ketones is 1. The minimum atomic E-state index is -5.53. The molecule has 0 saturated heterocycles. The van der Waals surface area contributed by atoms with Crippen molar-refractivity contribution in [3.63, 3.8) is 0 Å². The highest BCUT2D eigenvalue weighted by Gasteiger charge is 2.48. The van der Waals surface area contributed by atoms with Crippen LogP contribution in [0.25, 0.3) is 0 Å². The summed E-state index contributed by atoms with van der Waals surface area (Å²) in [5.74, 6) is -0.652. The van der Waals surface area contributed by atoms with Gasteiger partial charge in [0, 0.05) is 18.2 Å². The van der Waals surface area contributed by atoms with E-state index in [2.05, 4.69) is 5.32 Å². The largest absolute Gasteiger partial charge is 0.502 e. The fourth-order valence-corrected chi connectivity index (χ4v) is 3.41. The summed E-state index contributed by atoms with van der Waals surface area (Å²) >= 11 is 0. The fourth-order valence-electron chi connectivity index (χ4n) is 2.48. The third kappa shape index (κ3) is 3.29. The first-order valence-corrected chi connectivity index (χ1v) is 8.33. The van der Waals surface area contributed by atoms with Gasteiger partial charge in [-0.1, -0.05) is 0 Å². The summed E-state index contributed by atoms with van der Waals surface area (Å²) in [5.41, 5.74) is -4.52. The molecule has 1 N–H and O–H groups in total. The van der Waals surface area contributed by atoms with Crippen molar-refractivity contribution in [3.8, 4) is 5.75 Å². The first kappa shape index (κ1) is 17.6. The number of ether oxygens (including phenoxy) is 1. The van der Waals surface area contributed by atoms with Crippen molar-refractivity contribution in [2.24, 2.45) is 5.92 Å². The Morgan fingerprint density at radius 3 is 2.52 bits per heavy atom. The van der Waals surface area contributed by atoms with Gasteiger partial charge in [-0.25, -0.2) is 8.42 Å². The number of hydrogen-bond donors (Lipinski definition) is 1. The van der Waals surface area contributed by atoms with E-state index in [4.69, 9.17) is 4.74 Å². The van der Waals surface area contributed by atoms with Gasteiger partial charge in [0.15, 0.2) is 0 Å². The quantitative estimate of drug-likeness (QED) is 0.906. The fraction of sp³-hybridized carbons (Fsp3) is 0.500. The molecule has 1 heterocycles. The van der Waals surface area contributed by atoms with Crippen LogP contribution in [0.5, 0.6) is 5.75 Å². The zero-order valence-corrected chi connectivity index (χ0v) is 13.3. The molecule has 0 aliphatic carbocycles. The maximum atomic E-state index is 12.8. The summed E-state index contributed by atoms with van der Waals surface area (Å²) in [4.78, 5) is 10.5. The number of anilines is 1. The van der Waals surface area contributed by atoms with Crippen LogP contribution in [0.1, 0.15) is 18.9 Å². The molecule has 5 nitrogen and oxygen atoms in total. The lowest BCUT2D eigenvalue weighted by molar-refractivity contribution is -0.120. The van der Waals surface area contributed by atoms with Crippen LogP contribution in [-0.2, 0) is 21.1 Å². The molecule has 23 heavy (non-hydrogen) atoms. The van der Waals surface area contributed by atoms with Crippen molar-refractivity contribution in [2.45, 2.75) is 30.2 Å². The van der Waals surface area contributed by atoms with E-state index in [9.17, 15) is 26.4 Å². The van der Waals surface area contributed by atoms with Gasteiger partial charge in [-0.3, -0.25) is 4.79 Å². The molecule has 0 radical (unpaired) electrons. The number of sulfone groups is 1. The predicted octanol–water partition coefficient (Wildman–Crippen LogP) is 2.55. The smallest absolute Gasteiger partial charge is 0.495 e. The zero-order valence-electron chi connectivity index (χ0n) is 12.5. The topological polar surface area (TPSA) is 72.5 Å². The van der Waals surface area contributed by atoms with Gasteiger partial charge in [0.05, 0.1) is 7.11 Å². The number of methoxy groups -OCH3 is 1. The summed E-state index contributed by atoms with van der Waals surface area (Å²) in [6, 6.07) is 2.21. The lowest BCUT2D eigenvalue weighted by Gasteiger charge is -2.16. The molecule has 1 aliphatic heterocycles. The van der Waals surface area contributed by atoms with Crippen LogP contribution in [0.2, 0.25) is 0 Å². The summed E-state index contributed by atoms with van der Waals surface area (Å²) < 4.78 is 66.6. The van der Waals surface area contributed by atoms with E-state index in [-0.39, 0.29) is 29.7 Å². The third-order valence-electron chi connectivity index (χ3n) is 3.86. The molecule has 0 fully saturated rings. The molecule has 128 valence electrons. The highest BCUT2D eigenvalue weighted by molar-refractivity contribution is 7.92. The Morgan fingerprint density at radius 1 is 1.35 bits per heavy atom. The summed E-state index contributed by atoms with van der Waals surface area (Å²) in [7, 11) is -4.42. The van der Waals surface area contributed by atoms with E-state index >= 15 is 0 Å². The molecule has 1 aliphatic rings. The Bertz CT molecular complexity index is 728. The molecule has 9 heteroatoms. The number of fused-ring (bicyclic) bond motifs is 1. The van der Waals surface area contributed by atoms with Crippen molar-refractivity contribution in [1.82, 2.24) is 0 Å². The van der Waals surface area contributed by atoms with Gasteiger partial charge in [-0.15, -0.1) is 0 Å². The molecule has 1 unspecified atom stereocenters. The number of carbonyl (C=O) groups is 1. The van der Waals surface area contributed by atoms with Crippen molar-refractivity contribution in [2.75, 3.05) is 19.0 Å². The third-order valence-corrected chi connectivity index (χ3v) is 5.37. The number of hydrogen-bond acceptors (Lipinski definition) is 5. The maximum Gasteiger partial charge on any atom is 0.502 e. The lowest BCUT2D eigenvalue weighted by Crippen LogP contribution is -2.24. The first-order chi connectivity index (χ1) is 10.6. The molecule has 1 aromatic carbocycles. The van der Waals surface area contributed by atoms with Crippen LogP contribution in [0, 0.1) is 5.92 Å². The zero-order chi connectivity index (χ0) is 17.4. The summed E-state index contributed by atoms with van der Waals surface area (Å²) in [6.07, 6.45) is 0.971. The van der Waals surface area contributed by atoms with Crippen molar-refractivity contribution < 1.29 is 31.1 Å². The molecular weight excluding hydrogens is 335 g/mol. The average molecular weight is 351 g/mol. The highest BCUT2D eigenvalue weighted by Crippen LogP contribution is 2.39. The average Bonchev–Trinajstić information content (AvgIpc) is 2.66. The number of benzene rings is 1. The minimum absolute atomic E-state index is 0.0274. The standard InChI is InChI=1S/C14H16F3NO4S/c1-8(19)10-4-3-9-5-12(22-2)13(6-11(9)18-7-10)23(20,21)14(15,16)17/h5-6,10,18H,3-4,7H2,1-2H3. The molecule has 0 bridgehead atoms.